The van der Waals surface area contributed by atoms with E-state index in [0.717, 1.165) is 18.4 Å². The van der Waals surface area contributed by atoms with Crippen LogP contribution in [-0.2, 0) is 9.47 Å². The molecule has 0 spiro atoms. The second-order valence-electron chi connectivity index (χ2n) is 7.83. The van der Waals surface area contributed by atoms with Crippen LogP contribution in [0.15, 0.2) is 24.3 Å². The van der Waals surface area contributed by atoms with Crippen molar-refractivity contribution in [2.45, 2.75) is 57.9 Å². The van der Waals surface area contributed by atoms with E-state index >= 15 is 0 Å². The van der Waals surface area contributed by atoms with Crippen molar-refractivity contribution in [2.24, 2.45) is 0 Å². The molecule has 1 fully saturated rings. The number of esters is 1. The first-order valence-electron chi connectivity index (χ1n) is 11.2. The Bertz CT molecular complexity index is 970. The van der Waals surface area contributed by atoms with Crippen LogP contribution < -0.4 is 9.47 Å². The predicted octanol–water partition coefficient (Wildman–Crippen LogP) is 4.40. The van der Waals surface area contributed by atoms with Gasteiger partial charge in [0.15, 0.2) is 0 Å². The van der Waals surface area contributed by atoms with E-state index in [1.54, 1.807) is 26.0 Å². The van der Waals surface area contributed by atoms with Crippen molar-refractivity contribution < 1.29 is 41.7 Å². The molecule has 2 aromatic rings. The van der Waals surface area contributed by atoms with Crippen molar-refractivity contribution in [3.8, 4) is 11.6 Å². The molecule has 192 valence electrons. The number of nitrogens with one attached hydrogen (secondary N) is 1. The van der Waals surface area contributed by atoms with Crippen molar-refractivity contribution in [3.63, 3.8) is 0 Å². The van der Waals surface area contributed by atoms with E-state index in [4.69, 9.17) is 14.2 Å². The topological polar surface area (TPSA) is 116 Å². The number of nitrogens with zero attached hydrogens (tertiary/aromatic N) is 3. The van der Waals surface area contributed by atoms with Crippen molar-refractivity contribution in [1.82, 2.24) is 20.3 Å². The number of alkyl halides is 3. The number of aromatic amines is 1. The largest absolute Gasteiger partial charge is 0.573 e. The molecular formula is C22H27F3N4O6. The number of carbonyl (C=O) groups excluding carboxylic acids is 2. The van der Waals surface area contributed by atoms with Gasteiger partial charge in [-0.3, -0.25) is 0 Å². The third kappa shape index (κ3) is 7.49. The molecule has 13 heteroatoms. The number of benzene rings is 1. The molecule has 1 aliphatic carbocycles. The fourth-order valence-electron chi connectivity index (χ4n) is 3.83. The van der Waals surface area contributed by atoms with Gasteiger partial charge in [0.25, 0.3) is 5.88 Å². The molecule has 0 aliphatic heterocycles. The number of rotatable bonds is 9. The van der Waals surface area contributed by atoms with Gasteiger partial charge in [0.1, 0.15) is 11.9 Å². The Morgan fingerprint density at radius 3 is 2.31 bits per heavy atom. The minimum atomic E-state index is -4.72. The van der Waals surface area contributed by atoms with Gasteiger partial charge < -0.3 is 23.8 Å². The Kier molecular flexibility index (Phi) is 8.77. The zero-order chi connectivity index (χ0) is 25.4. The minimum Gasteiger partial charge on any atom is -0.472 e. The summed E-state index contributed by atoms with van der Waals surface area (Å²) in [6.45, 7) is 3.96. The Morgan fingerprint density at radius 1 is 1.06 bits per heavy atom. The lowest BCUT2D eigenvalue weighted by Crippen LogP contribution is -2.32. The molecule has 0 unspecified atom stereocenters. The number of hydrogen-bond donors (Lipinski definition) is 1. The first kappa shape index (κ1) is 26.1. The lowest BCUT2D eigenvalue weighted by Gasteiger charge is -2.28. The van der Waals surface area contributed by atoms with Crippen LogP contribution in [0.4, 0.5) is 18.0 Å². The summed E-state index contributed by atoms with van der Waals surface area (Å²) in [5, 5.41) is 9.82. The maximum atomic E-state index is 12.3. The molecule has 1 aliphatic rings. The maximum absolute atomic E-state index is 12.3. The average molecular weight is 500 g/mol. The van der Waals surface area contributed by atoms with Crippen LogP contribution in [0.1, 0.15) is 61.5 Å². The van der Waals surface area contributed by atoms with Crippen LogP contribution in [0.2, 0.25) is 0 Å². The van der Waals surface area contributed by atoms with Gasteiger partial charge in [-0.25, -0.2) is 14.7 Å². The van der Waals surface area contributed by atoms with E-state index in [2.05, 4.69) is 20.1 Å². The SMILES string of the molecule is CCN(CC)C(=O)OCOC(=O)c1[nH]nnc1O[C@H]1CC[C@H](c2ccc(OC(F)(F)F)cc2)CC1. The highest BCUT2D eigenvalue weighted by Gasteiger charge is 2.31. The van der Waals surface area contributed by atoms with Crippen molar-refractivity contribution in [2.75, 3.05) is 19.9 Å². The van der Waals surface area contributed by atoms with E-state index in [-0.39, 0.29) is 29.3 Å². The van der Waals surface area contributed by atoms with Crippen LogP contribution in [-0.4, -0.2) is 64.7 Å². The number of hydrogen-bond acceptors (Lipinski definition) is 8. The molecule has 3 rings (SSSR count). The Hall–Kier alpha value is -3.51. The summed E-state index contributed by atoms with van der Waals surface area (Å²) < 4.78 is 56.6. The Balaban J connectivity index is 1.47. The van der Waals surface area contributed by atoms with Gasteiger partial charge in [-0.05, 0) is 63.1 Å². The number of amides is 1. The standard InChI is InChI=1S/C22H27F3N4O6/c1-3-29(4-2)21(31)33-13-32-20(30)18-19(27-28-26-18)34-16-9-5-14(6-10-16)15-7-11-17(12-8-15)35-22(23,24)25/h7-8,11-12,14,16H,3-6,9-10,13H2,1-2H3,(H,26,27,28)/t14-,16-. The van der Waals surface area contributed by atoms with Gasteiger partial charge in [0.05, 0.1) is 0 Å². The van der Waals surface area contributed by atoms with Crippen LogP contribution in [0.3, 0.4) is 0 Å². The number of H-pyrrole nitrogens is 1. The van der Waals surface area contributed by atoms with Crippen LogP contribution in [0, 0.1) is 0 Å². The third-order valence-electron chi connectivity index (χ3n) is 5.65. The molecule has 10 nitrogen and oxygen atoms in total. The van der Waals surface area contributed by atoms with Gasteiger partial charge in [0.2, 0.25) is 12.5 Å². The quantitative estimate of drug-likeness (QED) is 0.398. The predicted molar refractivity (Wildman–Crippen MR) is 115 cm³/mol. The molecule has 1 aromatic heterocycles. The fraction of sp³-hybridized carbons (Fsp3) is 0.545. The molecule has 1 amide bonds. The molecule has 0 bridgehead atoms. The van der Waals surface area contributed by atoms with Crippen LogP contribution >= 0.6 is 0 Å². The lowest BCUT2D eigenvalue weighted by molar-refractivity contribution is -0.274. The van der Waals surface area contributed by atoms with E-state index in [1.165, 1.54) is 17.0 Å². The zero-order valence-electron chi connectivity index (χ0n) is 19.3. The average Bonchev–Trinajstić information content (AvgIpc) is 3.28. The number of carbonyl (C=O) groups is 2. The third-order valence-corrected chi connectivity index (χ3v) is 5.65. The first-order valence-corrected chi connectivity index (χ1v) is 11.2. The van der Waals surface area contributed by atoms with Gasteiger partial charge in [-0.1, -0.05) is 22.4 Å². The van der Waals surface area contributed by atoms with E-state index in [9.17, 15) is 22.8 Å². The van der Waals surface area contributed by atoms with E-state index in [1.807, 2.05) is 0 Å². The Labute approximate surface area is 199 Å². The molecule has 35 heavy (non-hydrogen) atoms. The molecule has 1 saturated carbocycles. The number of aromatic nitrogens is 3. The van der Waals surface area contributed by atoms with Crippen molar-refractivity contribution in [1.29, 1.82) is 0 Å². The van der Waals surface area contributed by atoms with Gasteiger partial charge >= 0.3 is 18.4 Å². The monoisotopic (exact) mass is 500 g/mol. The second-order valence-corrected chi connectivity index (χ2v) is 7.83. The van der Waals surface area contributed by atoms with E-state index in [0.29, 0.717) is 25.9 Å². The maximum Gasteiger partial charge on any atom is 0.573 e. The van der Waals surface area contributed by atoms with Gasteiger partial charge in [-0.15, -0.1) is 13.2 Å². The first-order chi connectivity index (χ1) is 16.7. The number of halogens is 3. The highest BCUT2D eigenvalue weighted by molar-refractivity contribution is 5.89. The molecule has 1 N–H and O–H groups in total. The van der Waals surface area contributed by atoms with Crippen LogP contribution in [0.5, 0.6) is 11.6 Å². The highest BCUT2D eigenvalue weighted by atomic mass is 19.4. The van der Waals surface area contributed by atoms with Crippen molar-refractivity contribution in [3.05, 3.63) is 35.5 Å². The van der Waals surface area contributed by atoms with Crippen molar-refractivity contribution >= 4 is 12.1 Å². The normalized spacial score (nSPS) is 18.0. The summed E-state index contributed by atoms with van der Waals surface area (Å²) >= 11 is 0. The molecule has 1 heterocycles. The summed E-state index contributed by atoms with van der Waals surface area (Å²) in [6.07, 6.45) is -2.77. The summed E-state index contributed by atoms with van der Waals surface area (Å²) in [4.78, 5) is 25.6. The smallest absolute Gasteiger partial charge is 0.472 e. The lowest BCUT2D eigenvalue weighted by atomic mass is 9.83. The summed E-state index contributed by atoms with van der Waals surface area (Å²) in [6, 6.07) is 5.87. The molecule has 1 aromatic carbocycles. The molecule has 0 atom stereocenters. The molecule has 0 saturated heterocycles. The summed E-state index contributed by atoms with van der Waals surface area (Å²) in [5.74, 6) is -0.932. The second kappa shape index (κ2) is 11.8. The van der Waals surface area contributed by atoms with Gasteiger partial charge in [0, 0.05) is 13.1 Å². The molecule has 0 radical (unpaired) electrons. The Morgan fingerprint density at radius 2 is 1.71 bits per heavy atom. The summed E-state index contributed by atoms with van der Waals surface area (Å²) in [7, 11) is 0. The number of ether oxygens (including phenoxy) is 4. The zero-order valence-corrected chi connectivity index (χ0v) is 19.3. The van der Waals surface area contributed by atoms with Gasteiger partial charge in [-0.2, -0.15) is 0 Å². The molecular weight excluding hydrogens is 473 g/mol. The highest BCUT2D eigenvalue weighted by Crippen LogP contribution is 2.35. The van der Waals surface area contributed by atoms with E-state index < -0.39 is 25.2 Å². The van der Waals surface area contributed by atoms with Crippen LogP contribution in [0.25, 0.3) is 0 Å². The summed E-state index contributed by atoms with van der Waals surface area (Å²) in [5.41, 5.74) is 0.828. The fourth-order valence-corrected chi connectivity index (χ4v) is 3.83. The minimum absolute atomic E-state index is 0.0119.